The summed E-state index contributed by atoms with van der Waals surface area (Å²) in [6.45, 7) is -0.0149. The van der Waals surface area contributed by atoms with Gasteiger partial charge < -0.3 is 4.74 Å². The van der Waals surface area contributed by atoms with Crippen LogP contribution in [0.25, 0.3) is 0 Å². The van der Waals surface area contributed by atoms with Gasteiger partial charge in [-0.2, -0.15) is 8.42 Å². The Morgan fingerprint density at radius 1 is 1.33 bits per heavy atom. The molecular weight excluding hydrogens is 371 g/mol. The van der Waals surface area contributed by atoms with Gasteiger partial charge in [-0.1, -0.05) is 30.3 Å². The Labute approximate surface area is 165 Å². The Morgan fingerprint density at radius 3 is 2.54 bits per heavy atom. The second kappa shape index (κ2) is 7.19. The molecule has 3 atom stereocenters. The molecule has 0 unspecified atom stereocenters. The van der Waals surface area contributed by atoms with Gasteiger partial charge in [0.1, 0.15) is 12.6 Å². The fourth-order valence-corrected chi connectivity index (χ4v) is 4.17. The molecule has 0 saturated carbocycles. The van der Waals surface area contributed by atoms with Crippen molar-refractivity contribution in [1.29, 1.82) is 0 Å². The van der Waals surface area contributed by atoms with Gasteiger partial charge in [0.05, 0.1) is 11.4 Å². The molecule has 1 aromatic rings. The van der Waals surface area contributed by atoms with E-state index in [1.807, 2.05) is 6.07 Å². The average Bonchev–Trinajstić information content (AvgIpc) is 2.77. The summed E-state index contributed by atoms with van der Waals surface area (Å²) in [5.74, 6) is -0.891. The Hall–Kier alpha value is -0.840. The Bertz CT molecular complexity index is 746. The second-order valence-electron chi connectivity index (χ2n) is 5.26. The Kier molecular flexibility index (Phi) is 5.83. The predicted octanol–water partition coefficient (Wildman–Crippen LogP) is -0.0201. The molecular formula is C13H14ClN2NaO6S. The number of carbonyl (C=O) groups excluding carboxylic acids is 2. The van der Waals surface area contributed by atoms with E-state index in [4.69, 9.17) is 20.9 Å². The first-order valence-electron chi connectivity index (χ1n) is 6.73. The van der Waals surface area contributed by atoms with Crippen LogP contribution in [0.15, 0.2) is 30.3 Å². The third-order valence-corrected chi connectivity index (χ3v) is 5.15. The van der Waals surface area contributed by atoms with Gasteiger partial charge in [-0.25, -0.2) is 9.10 Å². The molecule has 11 heteroatoms. The molecule has 0 aromatic heterocycles. The third-order valence-electron chi connectivity index (χ3n) is 3.83. The molecule has 2 aliphatic heterocycles. The zero-order chi connectivity index (χ0) is 16.8. The van der Waals surface area contributed by atoms with E-state index in [1.165, 1.54) is 0 Å². The number of nitrogens with zero attached hydrogens (tertiary/aromatic N) is 2. The number of halogens is 1. The molecule has 0 radical (unpaired) electrons. The van der Waals surface area contributed by atoms with Crippen LogP contribution < -0.4 is 0 Å². The van der Waals surface area contributed by atoms with E-state index >= 15 is 0 Å². The van der Waals surface area contributed by atoms with Crippen LogP contribution in [0.3, 0.4) is 0 Å². The van der Waals surface area contributed by atoms with E-state index in [0.717, 1.165) is 10.5 Å². The summed E-state index contributed by atoms with van der Waals surface area (Å²) >= 11 is 6.01. The van der Waals surface area contributed by atoms with E-state index < -0.39 is 39.8 Å². The van der Waals surface area contributed by atoms with E-state index in [9.17, 15) is 18.0 Å². The molecule has 2 fully saturated rings. The SMILES string of the molecule is O=C(OCc1ccccc1)N1C[C@@H](Cl)[C@@H]2[C@H]1C(=O)N2S(=O)(=O)O.[NaH]. The van der Waals surface area contributed by atoms with Crippen LogP contribution >= 0.6 is 11.6 Å². The first kappa shape index (κ1) is 19.5. The standard InChI is InChI=1S/C13H13ClN2O6S.Na.H/c14-9-6-15(11-10(9)16(12(11)17)23(19,20)21)13(18)22-7-8-4-2-1-3-5-8;;/h1-5,9-11H,6-7H2,(H,19,20,21);;/t9-,10-,11+;;/m1../s1. The van der Waals surface area contributed by atoms with Gasteiger partial charge in [-0.15, -0.1) is 11.6 Å². The maximum atomic E-state index is 12.1. The number of β-lactam (4-membered cyclic amide) rings is 1. The van der Waals surface area contributed by atoms with E-state index in [-0.39, 0.29) is 42.7 Å². The van der Waals surface area contributed by atoms with E-state index in [1.54, 1.807) is 24.3 Å². The number of fused-ring (bicyclic) bond motifs is 1. The monoisotopic (exact) mass is 384 g/mol. The van der Waals surface area contributed by atoms with Crippen molar-refractivity contribution < 1.29 is 27.3 Å². The van der Waals surface area contributed by atoms with Crippen molar-refractivity contribution >= 4 is 63.5 Å². The Balaban J connectivity index is 0.00000208. The van der Waals surface area contributed by atoms with Gasteiger partial charge in [-0.05, 0) is 5.56 Å². The van der Waals surface area contributed by atoms with Crippen LogP contribution in [0.4, 0.5) is 4.79 Å². The molecule has 24 heavy (non-hydrogen) atoms. The Morgan fingerprint density at radius 2 is 1.96 bits per heavy atom. The molecule has 8 nitrogen and oxygen atoms in total. The predicted molar refractivity (Wildman–Crippen MR) is 86.1 cm³/mol. The van der Waals surface area contributed by atoms with Gasteiger partial charge in [-0.3, -0.25) is 14.2 Å². The van der Waals surface area contributed by atoms with Crippen LogP contribution in [0, 0.1) is 0 Å². The molecule has 1 aromatic carbocycles. The van der Waals surface area contributed by atoms with Crippen molar-refractivity contribution in [3.05, 3.63) is 35.9 Å². The summed E-state index contributed by atoms with van der Waals surface area (Å²) in [7, 11) is -4.69. The van der Waals surface area contributed by atoms with Crippen LogP contribution in [0.5, 0.6) is 0 Å². The average molecular weight is 385 g/mol. The van der Waals surface area contributed by atoms with E-state index in [2.05, 4.69) is 0 Å². The van der Waals surface area contributed by atoms with Gasteiger partial charge in [0.15, 0.2) is 0 Å². The molecule has 2 aliphatic rings. The number of alkyl halides is 1. The van der Waals surface area contributed by atoms with Gasteiger partial charge >= 0.3 is 46.0 Å². The van der Waals surface area contributed by atoms with Crippen molar-refractivity contribution in [3.8, 4) is 0 Å². The molecule has 0 spiro atoms. The zero-order valence-electron chi connectivity index (χ0n) is 11.7. The summed E-state index contributed by atoms with van der Waals surface area (Å²) < 4.78 is 36.8. The quantitative estimate of drug-likeness (QED) is 0.340. The number of hydrogen-bond donors (Lipinski definition) is 1. The minimum absolute atomic E-state index is 0. The number of benzene rings is 1. The molecule has 2 amide bonds. The number of amides is 2. The zero-order valence-corrected chi connectivity index (χ0v) is 13.3. The fraction of sp³-hybridized carbons (Fsp3) is 0.385. The van der Waals surface area contributed by atoms with Crippen molar-refractivity contribution in [1.82, 2.24) is 9.21 Å². The number of hydrogen-bond acceptors (Lipinski definition) is 5. The van der Waals surface area contributed by atoms with Crippen molar-refractivity contribution in [2.45, 2.75) is 24.1 Å². The number of ether oxygens (including phenoxy) is 1. The topological polar surface area (TPSA) is 104 Å². The number of rotatable bonds is 3. The molecule has 3 rings (SSSR count). The summed E-state index contributed by atoms with van der Waals surface area (Å²) in [6, 6.07) is 6.97. The van der Waals surface area contributed by atoms with Crippen LogP contribution in [0.1, 0.15) is 5.56 Å². The summed E-state index contributed by atoms with van der Waals surface area (Å²) in [6.07, 6.45) is -0.754. The molecule has 126 valence electrons. The minimum atomic E-state index is -4.69. The summed E-state index contributed by atoms with van der Waals surface area (Å²) in [5.41, 5.74) is 0.776. The second-order valence-corrected chi connectivity index (χ2v) is 7.11. The molecule has 2 saturated heterocycles. The van der Waals surface area contributed by atoms with Gasteiger partial charge in [0.25, 0.3) is 5.91 Å². The first-order valence-corrected chi connectivity index (χ1v) is 8.56. The van der Waals surface area contributed by atoms with Gasteiger partial charge in [0, 0.05) is 6.54 Å². The van der Waals surface area contributed by atoms with Crippen molar-refractivity contribution in [2.24, 2.45) is 0 Å². The summed E-state index contributed by atoms with van der Waals surface area (Å²) in [4.78, 5) is 25.1. The third kappa shape index (κ3) is 3.42. The normalized spacial score (nSPS) is 25.6. The van der Waals surface area contributed by atoms with Crippen LogP contribution in [0.2, 0.25) is 0 Å². The molecule has 1 N–H and O–H groups in total. The molecule has 0 aliphatic carbocycles. The van der Waals surface area contributed by atoms with Crippen molar-refractivity contribution in [2.75, 3.05) is 6.54 Å². The number of carbonyl (C=O) groups is 2. The first-order chi connectivity index (χ1) is 10.8. The summed E-state index contributed by atoms with van der Waals surface area (Å²) in [5, 5.41) is -0.802. The van der Waals surface area contributed by atoms with E-state index in [0.29, 0.717) is 4.31 Å². The van der Waals surface area contributed by atoms with Crippen molar-refractivity contribution in [3.63, 3.8) is 0 Å². The fourth-order valence-electron chi connectivity index (χ4n) is 2.80. The number of likely N-dealkylation sites (tertiary alicyclic amines) is 1. The maximum absolute atomic E-state index is 12.1. The van der Waals surface area contributed by atoms with Crippen LogP contribution in [-0.2, 0) is 26.4 Å². The molecule has 0 bridgehead atoms. The van der Waals surface area contributed by atoms with Gasteiger partial charge in [0.2, 0.25) is 0 Å². The van der Waals surface area contributed by atoms with Crippen LogP contribution in [-0.4, -0.2) is 87.7 Å². The molecule has 2 heterocycles.